The number of hydrogen-bond donors (Lipinski definition) is 2. The molecule has 1 atom stereocenters. The van der Waals surface area contributed by atoms with Crippen molar-refractivity contribution in [1.82, 2.24) is 19.9 Å². The van der Waals surface area contributed by atoms with Crippen molar-refractivity contribution in [1.29, 1.82) is 0 Å². The van der Waals surface area contributed by atoms with Gasteiger partial charge in [-0.3, -0.25) is 0 Å². The predicted octanol–water partition coefficient (Wildman–Crippen LogP) is 3.64. The number of ether oxygens (including phenoxy) is 1. The Morgan fingerprint density at radius 1 is 1.40 bits per heavy atom. The fraction of sp³-hybridized carbons (Fsp3) is 0.235. The summed E-state index contributed by atoms with van der Waals surface area (Å²) in [7, 11) is 0. The van der Waals surface area contributed by atoms with E-state index < -0.39 is 6.09 Å². The van der Waals surface area contributed by atoms with Gasteiger partial charge in [-0.05, 0) is 40.9 Å². The molecule has 0 spiro atoms. The fourth-order valence-corrected chi connectivity index (χ4v) is 3.55. The number of nitrogens with one attached hydrogen (secondary N) is 1. The average molecular weight is 403 g/mol. The van der Waals surface area contributed by atoms with Crippen LogP contribution in [-0.2, 0) is 0 Å². The van der Waals surface area contributed by atoms with Crippen LogP contribution >= 0.6 is 15.9 Å². The van der Waals surface area contributed by atoms with Crippen LogP contribution in [0.25, 0.3) is 16.8 Å². The zero-order chi connectivity index (χ0) is 17.4. The third-order valence-electron chi connectivity index (χ3n) is 4.23. The molecule has 1 aliphatic rings. The minimum absolute atomic E-state index is 0.267. The van der Waals surface area contributed by atoms with Crippen molar-refractivity contribution in [2.75, 3.05) is 6.61 Å². The first-order chi connectivity index (χ1) is 12.1. The summed E-state index contributed by atoms with van der Waals surface area (Å²) >= 11 is 3.46. The number of benzene rings is 1. The van der Waals surface area contributed by atoms with E-state index in [0.29, 0.717) is 18.8 Å². The molecule has 0 radical (unpaired) electrons. The Morgan fingerprint density at radius 3 is 3.12 bits per heavy atom. The molecule has 128 valence electrons. The zero-order valence-electron chi connectivity index (χ0n) is 13.1. The lowest BCUT2D eigenvalue weighted by molar-refractivity contribution is 0.189. The van der Waals surface area contributed by atoms with E-state index in [0.717, 1.165) is 33.2 Å². The van der Waals surface area contributed by atoms with Gasteiger partial charge < -0.3 is 15.2 Å². The van der Waals surface area contributed by atoms with Crippen molar-refractivity contribution < 1.29 is 14.6 Å². The van der Waals surface area contributed by atoms with Crippen LogP contribution in [0.5, 0.6) is 5.75 Å². The number of carbonyl (C=O) groups is 1. The van der Waals surface area contributed by atoms with Crippen LogP contribution in [-0.4, -0.2) is 32.4 Å². The molecular formula is C17H15BrN4O3. The molecule has 1 aliphatic heterocycles. The quantitative estimate of drug-likeness (QED) is 0.682. The van der Waals surface area contributed by atoms with Crippen molar-refractivity contribution in [2.24, 2.45) is 0 Å². The van der Waals surface area contributed by atoms with Crippen molar-refractivity contribution in [2.45, 2.75) is 18.9 Å². The first-order valence-corrected chi connectivity index (χ1v) is 8.66. The maximum atomic E-state index is 11.1. The SMILES string of the molecule is O=C(O)NC1CCCOc2cc(-c3ncnn4cc(Br)cc34)ccc21. The van der Waals surface area contributed by atoms with E-state index in [2.05, 4.69) is 31.3 Å². The number of hydrogen-bond acceptors (Lipinski definition) is 4. The highest BCUT2D eigenvalue weighted by Crippen LogP contribution is 2.35. The molecule has 2 N–H and O–H groups in total. The molecule has 0 saturated carbocycles. The fourth-order valence-electron chi connectivity index (χ4n) is 3.14. The van der Waals surface area contributed by atoms with Gasteiger partial charge in [0.25, 0.3) is 0 Å². The zero-order valence-corrected chi connectivity index (χ0v) is 14.7. The van der Waals surface area contributed by atoms with E-state index in [-0.39, 0.29) is 6.04 Å². The highest BCUT2D eigenvalue weighted by molar-refractivity contribution is 9.10. The van der Waals surface area contributed by atoms with Gasteiger partial charge in [0.05, 0.1) is 23.9 Å². The molecule has 3 aromatic rings. The van der Waals surface area contributed by atoms with E-state index in [1.807, 2.05) is 30.5 Å². The van der Waals surface area contributed by atoms with Crippen molar-refractivity contribution in [3.8, 4) is 17.0 Å². The van der Waals surface area contributed by atoms with Gasteiger partial charge in [0.1, 0.15) is 12.1 Å². The van der Waals surface area contributed by atoms with Crippen molar-refractivity contribution in [3.05, 3.63) is 46.8 Å². The van der Waals surface area contributed by atoms with Gasteiger partial charge in [-0.25, -0.2) is 14.3 Å². The summed E-state index contributed by atoms with van der Waals surface area (Å²) in [6.07, 6.45) is 3.85. The lowest BCUT2D eigenvalue weighted by Gasteiger charge is -2.17. The normalized spacial score (nSPS) is 16.8. The lowest BCUT2D eigenvalue weighted by atomic mass is 9.99. The molecule has 4 rings (SSSR count). The molecule has 7 nitrogen and oxygen atoms in total. The van der Waals surface area contributed by atoms with Gasteiger partial charge >= 0.3 is 6.09 Å². The van der Waals surface area contributed by atoms with Crippen molar-refractivity contribution >= 4 is 27.5 Å². The van der Waals surface area contributed by atoms with Crippen molar-refractivity contribution in [3.63, 3.8) is 0 Å². The Labute approximate surface area is 151 Å². The summed E-state index contributed by atoms with van der Waals surface area (Å²) in [5, 5.41) is 15.8. The van der Waals surface area contributed by atoms with E-state index >= 15 is 0 Å². The number of nitrogens with zero attached hydrogens (tertiary/aromatic N) is 3. The molecule has 1 aromatic carbocycles. The molecule has 3 heterocycles. The molecule has 2 aromatic heterocycles. The van der Waals surface area contributed by atoms with Crippen LogP contribution in [0, 0.1) is 0 Å². The molecule has 0 saturated heterocycles. The number of halogens is 1. The summed E-state index contributed by atoms with van der Waals surface area (Å²) in [5.41, 5.74) is 3.42. The summed E-state index contributed by atoms with van der Waals surface area (Å²) in [4.78, 5) is 15.5. The summed E-state index contributed by atoms with van der Waals surface area (Å²) in [6, 6.07) is 7.45. The number of fused-ring (bicyclic) bond motifs is 2. The second-order valence-electron chi connectivity index (χ2n) is 5.84. The smallest absolute Gasteiger partial charge is 0.405 e. The molecule has 0 bridgehead atoms. The Morgan fingerprint density at radius 2 is 2.28 bits per heavy atom. The molecule has 0 fully saturated rings. The number of carboxylic acid groups (broad SMARTS) is 1. The molecule has 25 heavy (non-hydrogen) atoms. The van der Waals surface area contributed by atoms with Crippen LogP contribution in [0.2, 0.25) is 0 Å². The summed E-state index contributed by atoms with van der Waals surface area (Å²) in [5.74, 6) is 0.691. The van der Waals surface area contributed by atoms with Crippen LogP contribution in [0.15, 0.2) is 41.3 Å². The third kappa shape index (κ3) is 3.05. The number of rotatable bonds is 2. The minimum Gasteiger partial charge on any atom is -0.493 e. The number of amides is 1. The van der Waals surface area contributed by atoms with Crippen LogP contribution < -0.4 is 10.1 Å². The monoisotopic (exact) mass is 402 g/mol. The summed E-state index contributed by atoms with van der Waals surface area (Å²) < 4.78 is 8.53. The topological polar surface area (TPSA) is 88.8 Å². The Bertz CT molecular complexity index is 956. The molecule has 8 heteroatoms. The van der Waals surface area contributed by atoms with E-state index in [4.69, 9.17) is 9.84 Å². The van der Waals surface area contributed by atoms with E-state index in [9.17, 15) is 4.79 Å². The Hall–Kier alpha value is -2.61. The third-order valence-corrected chi connectivity index (χ3v) is 4.66. The summed E-state index contributed by atoms with van der Waals surface area (Å²) in [6.45, 7) is 0.560. The van der Waals surface area contributed by atoms with Gasteiger partial charge in [-0.15, -0.1) is 0 Å². The predicted molar refractivity (Wildman–Crippen MR) is 94.8 cm³/mol. The van der Waals surface area contributed by atoms with Gasteiger partial charge in [-0.2, -0.15) is 5.10 Å². The average Bonchev–Trinajstić information content (AvgIpc) is 2.86. The van der Waals surface area contributed by atoms with Gasteiger partial charge in [-0.1, -0.05) is 12.1 Å². The minimum atomic E-state index is -1.03. The maximum Gasteiger partial charge on any atom is 0.405 e. The van der Waals surface area contributed by atoms with Crippen LogP contribution in [0.4, 0.5) is 4.79 Å². The Balaban J connectivity index is 1.80. The van der Waals surface area contributed by atoms with Gasteiger partial charge in [0.2, 0.25) is 0 Å². The van der Waals surface area contributed by atoms with Crippen LogP contribution in [0.3, 0.4) is 0 Å². The molecule has 1 unspecified atom stereocenters. The second-order valence-corrected chi connectivity index (χ2v) is 6.76. The van der Waals surface area contributed by atoms with Gasteiger partial charge in [0, 0.05) is 21.8 Å². The second kappa shape index (κ2) is 6.36. The largest absolute Gasteiger partial charge is 0.493 e. The van der Waals surface area contributed by atoms with E-state index in [1.165, 1.54) is 6.33 Å². The molecular weight excluding hydrogens is 388 g/mol. The Kier molecular flexibility index (Phi) is 4.04. The highest BCUT2D eigenvalue weighted by Gasteiger charge is 2.22. The first-order valence-electron chi connectivity index (χ1n) is 7.87. The van der Waals surface area contributed by atoms with E-state index in [1.54, 1.807) is 4.52 Å². The lowest BCUT2D eigenvalue weighted by Crippen LogP contribution is -2.26. The number of aromatic nitrogens is 3. The molecule has 0 aliphatic carbocycles. The highest BCUT2D eigenvalue weighted by atomic mass is 79.9. The van der Waals surface area contributed by atoms with Gasteiger partial charge in [0.15, 0.2) is 0 Å². The first kappa shape index (κ1) is 15.9. The maximum absolute atomic E-state index is 11.1. The standard InChI is InChI=1S/C17H15BrN4O3/c18-11-7-14-16(19-9-20-22(14)8-11)10-3-4-12-13(21-17(23)24)2-1-5-25-15(12)6-10/h3-4,6-9,13,21H,1-2,5H2,(H,23,24). The van der Waals surface area contributed by atoms with Crippen LogP contribution in [0.1, 0.15) is 24.4 Å². The molecule has 1 amide bonds.